The molecule has 0 fully saturated rings. The van der Waals surface area contributed by atoms with Crippen molar-refractivity contribution in [3.63, 3.8) is 0 Å². The number of hydrogen-bond donors (Lipinski definition) is 1. The van der Waals surface area contributed by atoms with Crippen LogP contribution in [0, 0.1) is 6.92 Å². The minimum Gasteiger partial charge on any atom is -0.472 e. The first-order chi connectivity index (χ1) is 11.2. The van der Waals surface area contributed by atoms with Crippen LogP contribution in [0.4, 0.5) is 0 Å². The number of aromatic nitrogens is 3. The van der Waals surface area contributed by atoms with Crippen molar-refractivity contribution in [2.75, 3.05) is 6.54 Å². The highest BCUT2D eigenvalue weighted by atomic mass is 16.3. The zero-order chi connectivity index (χ0) is 16.2. The number of carbonyl (C=O) groups is 1. The van der Waals surface area contributed by atoms with E-state index in [2.05, 4.69) is 15.2 Å². The maximum atomic E-state index is 12.7. The molecule has 0 saturated carbocycles. The lowest BCUT2D eigenvalue weighted by molar-refractivity contribution is 0.0752. The predicted octanol–water partition coefficient (Wildman–Crippen LogP) is 3.04. The highest BCUT2D eigenvalue weighted by molar-refractivity contribution is 5.95. The molecule has 2 heterocycles. The zero-order valence-electron chi connectivity index (χ0n) is 13.1. The number of aryl methyl sites for hydroxylation is 1. The second-order valence-electron chi connectivity index (χ2n) is 5.28. The Bertz CT molecular complexity index is 793. The smallest absolute Gasteiger partial charge is 0.254 e. The summed E-state index contributed by atoms with van der Waals surface area (Å²) in [5.74, 6) is 1.31. The van der Waals surface area contributed by atoms with Gasteiger partial charge in [0.25, 0.3) is 5.91 Å². The molecule has 118 valence electrons. The molecule has 3 aromatic rings. The molecular weight excluding hydrogens is 292 g/mol. The minimum atomic E-state index is -0.0252. The monoisotopic (exact) mass is 310 g/mol. The molecule has 1 amide bonds. The lowest BCUT2D eigenvalue weighted by atomic mass is 10.1. The molecule has 0 bridgehead atoms. The Morgan fingerprint density at radius 1 is 1.35 bits per heavy atom. The zero-order valence-corrected chi connectivity index (χ0v) is 13.1. The van der Waals surface area contributed by atoms with Crippen LogP contribution in [0.2, 0.25) is 0 Å². The summed E-state index contributed by atoms with van der Waals surface area (Å²) < 4.78 is 5.07. The molecule has 0 aliphatic carbocycles. The summed E-state index contributed by atoms with van der Waals surface area (Å²) in [5, 5.41) is 6.95. The van der Waals surface area contributed by atoms with E-state index < -0.39 is 0 Å². The molecule has 2 aromatic heterocycles. The van der Waals surface area contributed by atoms with Crippen molar-refractivity contribution in [1.82, 2.24) is 20.1 Å². The fraction of sp³-hybridized carbons (Fsp3) is 0.235. The van der Waals surface area contributed by atoms with Crippen LogP contribution < -0.4 is 0 Å². The van der Waals surface area contributed by atoms with Gasteiger partial charge in [0.05, 0.1) is 12.5 Å². The number of amides is 1. The van der Waals surface area contributed by atoms with Crippen molar-refractivity contribution in [2.45, 2.75) is 20.4 Å². The van der Waals surface area contributed by atoms with Crippen LogP contribution in [0.1, 0.15) is 28.7 Å². The molecule has 1 N–H and O–H groups in total. The third-order valence-corrected chi connectivity index (χ3v) is 3.59. The summed E-state index contributed by atoms with van der Waals surface area (Å²) in [4.78, 5) is 18.8. The van der Waals surface area contributed by atoms with E-state index in [1.54, 1.807) is 17.4 Å². The first-order valence-electron chi connectivity index (χ1n) is 7.47. The number of furan rings is 1. The van der Waals surface area contributed by atoms with Gasteiger partial charge >= 0.3 is 0 Å². The van der Waals surface area contributed by atoms with Crippen LogP contribution in [0.3, 0.4) is 0 Å². The van der Waals surface area contributed by atoms with Crippen LogP contribution in [0.5, 0.6) is 0 Å². The number of hydrogen-bond acceptors (Lipinski definition) is 4. The minimum absolute atomic E-state index is 0.0252. The van der Waals surface area contributed by atoms with Crippen LogP contribution >= 0.6 is 0 Å². The van der Waals surface area contributed by atoms with E-state index in [0.717, 1.165) is 17.0 Å². The molecular formula is C17H18N4O2. The highest BCUT2D eigenvalue weighted by Crippen LogP contribution is 2.18. The Labute approximate surface area is 134 Å². The summed E-state index contributed by atoms with van der Waals surface area (Å²) in [6, 6.07) is 9.24. The summed E-state index contributed by atoms with van der Waals surface area (Å²) in [7, 11) is 0. The number of H-pyrrole nitrogens is 1. The van der Waals surface area contributed by atoms with Crippen LogP contribution in [0.15, 0.2) is 47.3 Å². The Balaban J connectivity index is 1.83. The standard InChI is InChI=1S/C17H18N4O2/c1-3-21(10-13-7-8-23-11-13)17(22)15-6-4-5-14(9-15)16-18-12(2)19-20-16/h4-9,11H,3,10H2,1-2H3,(H,18,19,20). The van der Waals surface area contributed by atoms with Crippen molar-refractivity contribution in [1.29, 1.82) is 0 Å². The van der Waals surface area contributed by atoms with E-state index in [0.29, 0.717) is 24.5 Å². The Hall–Kier alpha value is -2.89. The van der Waals surface area contributed by atoms with Gasteiger partial charge in [0.15, 0.2) is 5.82 Å². The van der Waals surface area contributed by atoms with Crippen molar-refractivity contribution in [3.8, 4) is 11.4 Å². The highest BCUT2D eigenvalue weighted by Gasteiger charge is 2.16. The van der Waals surface area contributed by atoms with E-state index >= 15 is 0 Å². The number of rotatable bonds is 5. The Morgan fingerprint density at radius 2 is 2.22 bits per heavy atom. The second-order valence-corrected chi connectivity index (χ2v) is 5.28. The molecule has 23 heavy (non-hydrogen) atoms. The van der Waals surface area contributed by atoms with Crippen LogP contribution in [0.25, 0.3) is 11.4 Å². The average molecular weight is 310 g/mol. The van der Waals surface area contributed by atoms with Gasteiger partial charge in [-0.05, 0) is 32.0 Å². The molecule has 0 spiro atoms. The van der Waals surface area contributed by atoms with Gasteiger partial charge in [-0.1, -0.05) is 12.1 Å². The molecule has 0 saturated heterocycles. The number of benzene rings is 1. The van der Waals surface area contributed by atoms with Gasteiger partial charge in [0.1, 0.15) is 5.82 Å². The van der Waals surface area contributed by atoms with Crippen molar-refractivity contribution in [3.05, 3.63) is 59.8 Å². The summed E-state index contributed by atoms with van der Waals surface area (Å²) >= 11 is 0. The van der Waals surface area contributed by atoms with Gasteiger partial charge in [-0.15, -0.1) is 0 Å². The predicted molar refractivity (Wildman–Crippen MR) is 85.7 cm³/mol. The molecule has 1 aromatic carbocycles. The first-order valence-corrected chi connectivity index (χ1v) is 7.47. The Kier molecular flexibility index (Phi) is 4.23. The average Bonchev–Trinajstić information content (AvgIpc) is 3.23. The molecule has 0 aliphatic heterocycles. The molecule has 0 unspecified atom stereocenters. The molecule has 3 rings (SSSR count). The van der Waals surface area contributed by atoms with E-state index in [1.807, 2.05) is 44.2 Å². The maximum absolute atomic E-state index is 12.7. The largest absolute Gasteiger partial charge is 0.472 e. The normalized spacial score (nSPS) is 10.7. The SMILES string of the molecule is CCN(Cc1ccoc1)C(=O)c1cccc(-c2n[nH]c(C)n2)c1. The third-order valence-electron chi connectivity index (χ3n) is 3.59. The van der Waals surface area contributed by atoms with Crippen molar-refractivity contribution >= 4 is 5.91 Å². The van der Waals surface area contributed by atoms with Gasteiger partial charge in [0, 0.05) is 29.8 Å². The number of nitrogens with zero attached hydrogens (tertiary/aromatic N) is 3. The van der Waals surface area contributed by atoms with Gasteiger partial charge < -0.3 is 9.32 Å². The van der Waals surface area contributed by atoms with Crippen molar-refractivity contribution < 1.29 is 9.21 Å². The molecule has 0 atom stereocenters. The van der Waals surface area contributed by atoms with E-state index in [9.17, 15) is 4.79 Å². The van der Waals surface area contributed by atoms with Gasteiger partial charge in [-0.3, -0.25) is 9.89 Å². The van der Waals surface area contributed by atoms with E-state index in [-0.39, 0.29) is 5.91 Å². The molecule has 6 heteroatoms. The molecule has 6 nitrogen and oxygen atoms in total. The molecule has 0 radical (unpaired) electrons. The van der Waals surface area contributed by atoms with Gasteiger partial charge in [0.2, 0.25) is 0 Å². The maximum Gasteiger partial charge on any atom is 0.254 e. The number of nitrogens with one attached hydrogen (secondary N) is 1. The van der Waals surface area contributed by atoms with Gasteiger partial charge in [-0.2, -0.15) is 5.10 Å². The van der Waals surface area contributed by atoms with Crippen LogP contribution in [-0.2, 0) is 6.54 Å². The Morgan fingerprint density at radius 3 is 2.87 bits per heavy atom. The molecule has 0 aliphatic rings. The second kappa shape index (κ2) is 6.48. The van der Waals surface area contributed by atoms with Crippen LogP contribution in [-0.4, -0.2) is 32.5 Å². The summed E-state index contributed by atoms with van der Waals surface area (Å²) in [6.45, 7) is 4.94. The van der Waals surface area contributed by atoms with E-state index in [1.165, 1.54) is 0 Å². The van der Waals surface area contributed by atoms with E-state index in [4.69, 9.17) is 4.42 Å². The lowest BCUT2D eigenvalue weighted by Crippen LogP contribution is -2.30. The quantitative estimate of drug-likeness (QED) is 0.786. The fourth-order valence-electron chi connectivity index (χ4n) is 2.38. The van der Waals surface area contributed by atoms with Crippen molar-refractivity contribution in [2.24, 2.45) is 0 Å². The number of aromatic amines is 1. The number of carbonyl (C=O) groups excluding carboxylic acids is 1. The van der Waals surface area contributed by atoms with Gasteiger partial charge in [-0.25, -0.2) is 4.98 Å². The summed E-state index contributed by atoms with van der Waals surface area (Å²) in [6.07, 6.45) is 3.27. The lowest BCUT2D eigenvalue weighted by Gasteiger charge is -2.20. The summed E-state index contributed by atoms with van der Waals surface area (Å²) in [5.41, 5.74) is 2.41. The third kappa shape index (κ3) is 3.31. The first kappa shape index (κ1) is 15.0. The fourth-order valence-corrected chi connectivity index (χ4v) is 2.38. The topological polar surface area (TPSA) is 75.0 Å².